The largest absolute Gasteiger partial charge is 0.481 e. The summed E-state index contributed by atoms with van der Waals surface area (Å²) in [5, 5.41) is 12.4. The molecule has 0 saturated carbocycles. The summed E-state index contributed by atoms with van der Waals surface area (Å²) in [6.45, 7) is 1.45. The van der Waals surface area contributed by atoms with Gasteiger partial charge in [-0.1, -0.05) is 0 Å². The summed E-state index contributed by atoms with van der Waals surface area (Å²) in [7, 11) is 0. The number of nitrogens with zero attached hydrogens (tertiary/aromatic N) is 1. The topological polar surface area (TPSA) is 57.6 Å². The Bertz CT molecular complexity index is 402. The minimum Gasteiger partial charge on any atom is -0.481 e. The van der Waals surface area contributed by atoms with E-state index in [-0.39, 0.29) is 12.3 Å². The van der Waals surface area contributed by atoms with E-state index in [4.69, 9.17) is 5.11 Å². The molecule has 1 aromatic rings. The predicted octanol–water partition coefficient (Wildman–Crippen LogP) is 2.08. The number of hydrogen-bond donors (Lipinski definition) is 1. The van der Waals surface area contributed by atoms with E-state index in [0.717, 1.165) is 18.5 Å². The summed E-state index contributed by atoms with van der Waals surface area (Å²) in [6.07, 6.45) is 1.79. The molecule has 1 aromatic heterocycles. The molecule has 1 atom stereocenters. The maximum absolute atomic E-state index is 12.0. The highest BCUT2D eigenvalue weighted by molar-refractivity contribution is 7.08. The van der Waals surface area contributed by atoms with E-state index in [2.05, 4.69) is 0 Å². The van der Waals surface area contributed by atoms with Crippen LogP contribution >= 0.6 is 11.3 Å². The van der Waals surface area contributed by atoms with Crippen molar-refractivity contribution in [2.75, 3.05) is 13.1 Å². The Balaban J connectivity index is 1.85. The molecule has 0 aliphatic carbocycles. The fourth-order valence-electron chi connectivity index (χ4n) is 2.15. The van der Waals surface area contributed by atoms with Crippen LogP contribution in [0.25, 0.3) is 0 Å². The van der Waals surface area contributed by atoms with Gasteiger partial charge in [-0.05, 0) is 30.2 Å². The van der Waals surface area contributed by atoms with Crippen molar-refractivity contribution < 1.29 is 14.7 Å². The minimum atomic E-state index is -0.757. The Morgan fingerprint density at radius 3 is 3.00 bits per heavy atom. The van der Waals surface area contributed by atoms with E-state index in [1.54, 1.807) is 0 Å². The van der Waals surface area contributed by atoms with E-state index in [1.807, 2.05) is 21.7 Å². The Kier molecular flexibility index (Phi) is 3.78. The highest BCUT2D eigenvalue weighted by Gasteiger charge is 2.27. The molecule has 5 heteroatoms. The lowest BCUT2D eigenvalue weighted by Crippen LogP contribution is -2.28. The number of aliphatic carboxylic acids is 1. The van der Waals surface area contributed by atoms with Crippen LogP contribution in [0.1, 0.15) is 29.6 Å². The van der Waals surface area contributed by atoms with Crippen LogP contribution in [0.3, 0.4) is 0 Å². The molecule has 1 aliphatic rings. The van der Waals surface area contributed by atoms with Gasteiger partial charge in [0, 0.05) is 24.9 Å². The zero-order valence-electron chi connectivity index (χ0n) is 9.46. The number of thiophene rings is 1. The molecule has 1 amide bonds. The zero-order chi connectivity index (χ0) is 12.3. The molecule has 0 spiro atoms. The average Bonchev–Trinajstić information content (AvgIpc) is 2.97. The van der Waals surface area contributed by atoms with E-state index >= 15 is 0 Å². The van der Waals surface area contributed by atoms with Crippen LogP contribution in [0.15, 0.2) is 16.8 Å². The number of carbonyl (C=O) groups is 2. The summed E-state index contributed by atoms with van der Waals surface area (Å²) in [6, 6.07) is 1.83. The lowest BCUT2D eigenvalue weighted by atomic mass is 10.0. The van der Waals surface area contributed by atoms with Crippen LogP contribution in [-0.2, 0) is 4.79 Å². The van der Waals surface area contributed by atoms with Gasteiger partial charge in [0.2, 0.25) is 0 Å². The third kappa shape index (κ3) is 3.06. The predicted molar refractivity (Wildman–Crippen MR) is 65.2 cm³/mol. The molecule has 1 N–H and O–H groups in total. The van der Waals surface area contributed by atoms with Crippen molar-refractivity contribution in [1.82, 2.24) is 4.90 Å². The molecular formula is C12H15NO3S. The van der Waals surface area contributed by atoms with E-state index in [1.165, 1.54) is 11.3 Å². The molecule has 2 rings (SSSR count). The molecule has 1 unspecified atom stereocenters. The Labute approximate surface area is 104 Å². The standard InChI is InChI=1S/C12H15NO3S/c14-11(15)2-1-9-3-5-13(7-9)12(16)10-4-6-17-8-10/h4,6,8-9H,1-3,5,7H2,(H,14,15). The Morgan fingerprint density at radius 2 is 2.35 bits per heavy atom. The number of rotatable bonds is 4. The first-order chi connectivity index (χ1) is 8.16. The fourth-order valence-corrected chi connectivity index (χ4v) is 2.78. The first kappa shape index (κ1) is 12.1. The van der Waals surface area contributed by atoms with Crippen LogP contribution in [0.2, 0.25) is 0 Å². The van der Waals surface area contributed by atoms with E-state index in [9.17, 15) is 9.59 Å². The molecule has 2 heterocycles. The monoisotopic (exact) mass is 253 g/mol. The van der Waals surface area contributed by atoms with Crippen molar-refractivity contribution in [3.8, 4) is 0 Å². The normalized spacial score (nSPS) is 19.5. The quantitative estimate of drug-likeness (QED) is 0.893. The van der Waals surface area contributed by atoms with Crippen LogP contribution in [0, 0.1) is 5.92 Å². The molecule has 1 aliphatic heterocycles. The summed E-state index contributed by atoms with van der Waals surface area (Å²) in [4.78, 5) is 24.3. The van der Waals surface area contributed by atoms with Crippen molar-refractivity contribution >= 4 is 23.2 Å². The molecular weight excluding hydrogens is 238 g/mol. The van der Waals surface area contributed by atoms with Gasteiger partial charge in [0.15, 0.2) is 0 Å². The number of amides is 1. The van der Waals surface area contributed by atoms with Gasteiger partial charge in [0.1, 0.15) is 0 Å². The highest BCUT2D eigenvalue weighted by Crippen LogP contribution is 2.23. The molecule has 0 bridgehead atoms. The number of likely N-dealkylation sites (tertiary alicyclic amines) is 1. The van der Waals surface area contributed by atoms with Crippen LogP contribution in [-0.4, -0.2) is 35.0 Å². The third-order valence-corrected chi connectivity index (χ3v) is 3.79. The second-order valence-electron chi connectivity index (χ2n) is 4.35. The molecule has 0 radical (unpaired) electrons. The second kappa shape index (κ2) is 5.31. The van der Waals surface area contributed by atoms with Crippen LogP contribution < -0.4 is 0 Å². The lowest BCUT2D eigenvalue weighted by Gasteiger charge is -2.15. The summed E-state index contributed by atoms with van der Waals surface area (Å²) < 4.78 is 0. The van der Waals surface area contributed by atoms with Crippen molar-refractivity contribution in [2.24, 2.45) is 5.92 Å². The SMILES string of the molecule is O=C(O)CCC1CCN(C(=O)c2ccsc2)C1. The molecule has 92 valence electrons. The molecule has 1 fully saturated rings. The summed E-state index contributed by atoms with van der Waals surface area (Å²) in [5.41, 5.74) is 0.744. The zero-order valence-corrected chi connectivity index (χ0v) is 10.3. The van der Waals surface area contributed by atoms with Gasteiger partial charge < -0.3 is 10.0 Å². The molecule has 1 saturated heterocycles. The van der Waals surface area contributed by atoms with Gasteiger partial charge in [-0.25, -0.2) is 0 Å². The minimum absolute atomic E-state index is 0.0732. The van der Waals surface area contributed by atoms with Crippen LogP contribution in [0.4, 0.5) is 0 Å². The Hall–Kier alpha value is -1.36. The Morgan fingerprint density at radius 1 is 1.53 bits per heavy atom. The fraction of sp³-hybridized carbons (Fsp3) is 0.500. The third-order valence-electron chi connectivity index (χ3n) is 3.11. The smallest absolute Gasteiger partial charge is 0.303 e. The van der Waals surface area contributed by atoms with Gasteiger partial charge >= 0.3 is 5.97 Å². The van der Waals surface area contributed by atoms with Crippen LogP contribution in [0.5, 0.6) is 0 Å². The molecule has 4 nitrogen and oxygen atoms in total. The number of carboxylic acids is 1. The van der Waals surface area contributed by atoms with E-state index < -0.39 is 5.97 Å². The van der Waals surface area contributed by atoms with Crippen molar-refractivity contribution in [2.45, 2.75) is 19.3 Å². The first-order valence-electron chi connectivity index (χ1n) is 5.70. The van der Waals surface area contributed by atoms with Gasteiger partial charge in [-0.15, -0.1) is 0 Å². The van der Waals surface area contributed by atoms with Crippen molar-refractivity contribution in [3.05, 3.63) is 22.4 Å². The molecule has 0 aromatic carbocycles. The maximum Gasteiger partial charge on any atom is 0.303 e. The van der Waals surface area contributed by atoms with Gasteiger partial charge in [-0.3, -0.25) is 9.59 Å². The molecule has 17 heavy (non-hydrogen) atoms. The average molecular weight is 253 g/mol. The van der Waals surface area contributed by atoms with Gasteiger partial charge in [0.25, 0.3) is 5.91 Å². The van der Waals surface area contributed by atoms with Gasteiger partial charge in [0.05, 0.1) is 5.56 Å². The highest BCUT2D eigenvalue weighted by atomic mass is 32.1. The number of hydrogen-bond acceptors (Lipinski definition) is 3. The number of carbonyl (C=O) groups excluding carboxylic acids is 1. The van der Waals surface area contributed by atoms with Crippen molar-refractivity contribution in [1.29, 1.82) is 0 Å². The second-order valence-corrected chi connectivity index (χ2v) is 5.13. The number of carboxylic acid groups (broad SMARTS) is 1. The maximum atomic E-state index is 12.0. The van der Waals surface area contributed by atoms with E-state index in [0.29, 0.717) is 18.9 Å². The summed E-state index contributed by atoms with van der Waals surface area (Å²) in [5.74, 6) is -0.342. The summed E-state index contributed by atoms with van der Waals surface area (Å²) >= 11 is 1.52. The van der Waals surface area contributed by atoms with Gasteiger partial charge in [-0.2, -0.15) is 11.3 Å². The first-order valence-corrected chi connectivity index (χ1v) is 6.64. The lowest BCUT2D eigenvalue weighted by molar-refractivity contribution is -0.137. The van der Waals surface area contributed by atoms with Crippen molar-refractivity contribution in [3.63, 3.8) is 0 Å².